The van der Waals surface area contributed by atoms with Crippen LogP contribution < -0.4 is 10.2 Å². The fourth-order valence-corrected chi connectivity index (χ4v) is 3.86. The Balaban J connectivity index is 1.89. The molecule has 116 valence electrons. The number of aromatic nitrogens is 3. The van der Waals surface area contributed by atoms with Crippen LogP contribution in [0.5, 0.6) is 0 Å². The van der Waals surface area contributed by atoms with Crippen LogP contribution >= 0.6 is 22.7 Å². The molecule has 7 heteroatoms. The molecule has 0 spiro atoms. The van der Waals surface area contributed by atoms with Gasteiger partial charge in [-0.15, -0.1) is 21.5 Å². The van der Waals surface area contributed by atoms with Gasteiger partial charge in [-0.1, -0.05) is 25.2 Å². The van der Waals surface area contributed by atoms with Crippen molar-refractivity contribution in [2.75, 3.05) is 23.3 Å². The van der Waals surface area contributed by atoms with Crippen molar-refractivity contribution in [1.29, 1.82) is 0 Å². The second-order valence-corrected chi connectivity index (χ2v) is 7.39. The molecule has 0 fully saturated rings. The molecule has 2 aromatic rings. The van der Waals surface area contributed by atoms with Crippen LogP contribution in [0.3, 0.4) is 0 Å². The summed E-state index contributed by atoms with van der Waals surface area (Å²) >= 11 is 3.38. The molecule has 2 aromatic heterocycles. The summed E-state index contributed by atoms with van der Waals surface area (Å²) in [5, 5.41) is 14.8. The molecule has 0 saturated carbocycles. The quantitative estimate of drug-likeness (QED) is 0.803. The van der Waals surface area contributed by atoms with Gasteiger partial charge in [0.2, 0.25) is 5.13 Å². The summed E-state index contributed by atoms with van der Waals surface area (Å²) in [7, 11) is 0. The summed E-state index contributed by atoms with van der Waals surface area (Å²) in [6.07, 6.45) is 2.94. The topological polar surface area (TPSA) is 53.9 Å². The highest BCUT2D eigenvalue weighted by atomic mass is 32.1. The highest BCUT2D eigenvalue weighted by Crippen LogP contribution is 2.24. The van der Waals surface area contributed by atoms with Crippen molar-refractivity contribution in [3.05, 3.63) is 16.1 Å². The van der Waals surface area contributed by atoms with Gasteiger partial charge in [0.25, 0.3) is 0 Å². The van der Waals surface area contributed by atoms with Gasteiger partial charge in [0.15, 0.2) is 5.13 Å². The zero-order chi connectivity index (χ0) is 15.2. The summed E-state index contributed by atoms with van der Waals surface area (Å²) in [6.45, 7) is 11.4. The molecule has 0 aliphatic carbocycles. The Hall–Kier alpha value is -1.21. The molecule has 5 nitrogen and oxygen atoms in total. The Morgan fingerprint density at radius 1 is 1.19 bits per heavy atom. The first kappa shape index (κ1) is 16.2. The van der Waals surface area contributed by atoms with Crippen LogP contribution in [0.4, 0.5) is 10.3 Å². The second kappa shape index (κ2) is 7.70. The third-order valence-corrected chi connectivity index (χ3v) is 5.00. The lowest BCUT2D eigenvalue weighted by Crippen LogP contribution is -2.21. The molecule has 0 atom stereocenters. The molecule has 0 saturated heterocycles. The van der Waals surface area contributed by atoms with Gasteiger partial charge < -0.3 is 10.2 Å². The molecule has 0 aromatic carbocycles. The minimum atomic E-state index is 0.615. The number of thiazole rings is 1. The normalized spacial score (nSPS) is 11.1. The van der Waals surface area contributed by atoms with Gasteiger partial charge in [0.05, 0.1) is 6.54 Å². The average molecular weight is 326 g/mol. The Labute approximate surface area is 134 Å². The van der Waals surface area contributed by atoms with Crippen LogP contribution in [-0.2, 0) is 13.0 Å². The minimum absolute atomic E-state index is 0.615. The molecular weight excluding hydrogens is 302 g/mol. The van der Waals surface area contributed by atoms with Gasteiger partial charge in [-0.25, -0.2) is 4.98 Å². The second-order valence-electron chi connectivity index (χ2n) is 5.23. The Morgan fingerprint density at radius 3 is 2.62 bits per heavy atom. The summed E-state index contributed by atoms with van der Waals surface area (Å²) in [6, 6.07) is 0. The minimum Gasteiger partial charge on any atom is -0.355 e. The highest BCUT2D eigenvalue weighted by Gasteiger charge is 2.09. The molecule has 0 bridgehead atoms. The number of hydrogen-bond donors (Lipinski definition) is 1. The molecule has 0 radical (unpaired) electrons. The number of rotatable bonds is 8. The van der Waals surface area contributed by atoms with E-state index in [9.17, 15) is 0 Å². The summed E-state index contributed by atoms with van der Waals surface area (Å²) < 4.78 is 0. The van der Waals surface area contributed by atoms with E-state index in [0.717, 1.165) is 41.3 Å². The SMILES string of the molecule is CCN(CC)c1ncc(CNc2nnc(CC(C)C)s2)s1. The van der Waals surface area contributed by atoms with Crippen LogP contribution in [0, 0.1) is 5.92 Å². The predicted molar refractivity (Wildman–Crippen MR) is 91.5 cm³/mol. The molecule has 0 aliphatic rings. The number of nitrogens with zero attached hydrogens (tertiary/aromatic N) is 4. The van der Waals surface area contributed by atoms with Gasteiger partial charge in [-0.3, -0.25) is 0 Å². The van der Waals surface area contributed by atoms with Crippen LogP contribution in [0.25, 0.3) is 0 Å². The molecule has 2 rings (SSSR count). The van der Waals surface area contributed by atoms with Crippen molar-refractivity contribution in [1.82, 2.24) is 15.2 Å². The van der Waals surface area contributed by atoms with E-state index in [1.165, 1.54) is 4.88 Å². The average Bonchev–Trinajstić information content (AvgIpc) is 3.07. The molecular formula is C14H23N5S2. The van der Waals surface area contributed by atoms with E-state index in [4.69, 9.17) is 0 Å². The maximum atomic E-state index is 4.49. The standard InChI is InChI=1S/C14H23N5S2/c1-5-19(6-2)14-16-9-11(20-14)8-15-13-18-17-12(21-13)7-10(3)4/h9-10H,5-8H2,1-4H3,(H,15,18). The maximum Gasteiger partial charge on any atom is 0.205 e. The molecule has 1 N–H and O–H groups in total. The zero-order valence-electron chi connectivity index (χ0n) is 13.1. The lowest BCUT2D eigenvalue weighted by Gasteiger charge is -2.16. The first-order valence-electron chi connectivity index (χ1n) is 7.38. The van der Waals surface area contributed by atoms with Gasteiger partial charge in [0, 0.05) is 30.6 Å². The van der Waals surface area contributed by atoms with Crippen molar-refractivity contribution in [2.45, 2.75) is 40.7 Å². The van der Waals surface area contributed by atoms with E-state index in [2.05, 4.69) is 53.1 Å². The Kier molecular flexibility index (Phi) is 5.93. The first-order chi connectivity index (χ1) is 10.1. The van der Waals surface area contributed by atoms with E-state index in [1.54, 1.807) is 22.7 Å². The van der Waals surface area contributed by atoms with Crippen molar-refractivity contribution in [3.8, 4) is 0 Å². The number of anilines is 2. The predicted octanol–water partition coefficient (Wildman–Crippen LogP) is 3.65. The lowest BCUT2D eigenvalue weighted by molar-refractivity contribution is 0.640. The molecule has 0 unspecified atom stereocenters. The maximum absolute atomic E-state index is 4.49. The monoisotopic (exact) mass is 325 g/mol. The molecule has 0 amide bonds. The Bertz CT molecular complexity index is 545. The van der Waals surface area contributed by atoms with E-state index >= 15 is 0 Å². The van der Waals surface area contributed by atoms with E-state index < -0.39 is 0 Å². The van der Waals surface area contributed by atoms with E-state index in [0.29, 0.717) is 5.92 Å². The number of hydrogen-bond acceptors (Lipinski definition) is 7. The van der Waals surface area contributed by atoms with Gasteiger partial charge in [0.1, 0.15) is 5.01 Å². The molecule has 0 aliphatic heterocycles. The molecule has 21 heavy (non-hydrogen) atoms. The van der Waals surface area contributed by atoms with Crippen molar-refractivity contribution in [2.24, 2.45) is 5.92 Å². The van der Waals surface area contributed by atoms with Gasteiger partial charge in [-0.2, -0.15) is 0 Å². The smallest absolute Gasteiger partial charge is 0.205 e. The van der Waals surface area contributed by atoms with Crippen LogP contribution in [-0.4, -0.2) is 28.3 Å². The first-order valence-corrected chi connectivity index (χ1v) is 9.01. The van der Waals surface area contributed by atoms with Crippen molar-refractivity contribution >= 4 is 32.9 Å². The summed E-state index contributed by atoms with van der Waals surface area (Å²) in [4.78, 5) is 7.97. The molecule has 2 heterocycles. The van der Waals surface area contributed by atoms with Crippen LogP contribution in [0.1, 0.15) is 37.6 Å². The highest BCUT2D eigenvalue weighted by molar-refractivity contribution is 7.16. The largest absolute Gasteiger partial charge is 0.355 e. The van der Waals surface area contributed by atoms with Gasteiger partial charge in [-0.05, 0) is 19.8 Å². The zero-order valence-corrected chi connectivity index (χ0v) is 14.7. The van der Waals surface area contributed by atoms with Crippen LogP contribution in [0.2, 0.25) is 0 Å². The van der Waals surface area contributed by atoms with Crippen molar-refractivity contribution < 1.29 is 0 Å². The van der Waals surface area contributed by atoms with Crippen molar-refractivity contribution in [3.63, 3.8) is 0 Å². The van der Waals surface area contributed by atoms with E-state index in [-0.39, 0.29) is 0 Å². The fraction of sp³-hybridized carbons (Fsp3) is 0.643. The van der Waals surface area contributed by atoms with Gasteiger partial charge >= 0.3 is 0 Å². The number of nitrogens with one attached hydrogen (secondary N) is 1. The fourth-order valence-electron chi connectivity index (χ4n) is 1.94. The van der Waals surface area contributed by atoms with E-state index in [1.807, 2.05) is 6.20 Å². The summed E-state index contributed by atoms with van der Waals surface area (Å²) in [5.74, 6) is 0.615. The van der Waals surface area contributed by atoms with Crippen LogP contribution in [0.15, 0.2) is 6.20 Å². The third kappa shape index (κ3) is 4.64. The Morgan fingerprint density at radius 2 is 1.95 bits per heavy atom. The lowest BCUT2D eigenvalue weighted by atomic mass is 10.1. The summed E-state index contributed by atoms with van der Waals surface area (Å²) in [5.41, 5.74) is 0. The third-order valence-electron chi connectivity index (χ3n) is 3.04.